The van der Waals surface area contributed by atoms with Crippen LogP contribution in [0.4, 0.5) is 0 Å². The van der Waals surface area contributed by atoms with Gasteiger partial charge in [0.25, 0.3) is 0 Å². The van der Waals surface area contributed by atoms with Crippen LogP contribution in [0.5, 0.6) is 0 Å². The van der Waals surface area contributed by atoms with Gasteiger partial charge in [0.05, 0.1) is 18.8 Å². The second-order valence-corrected chi connectivity index (χ2v) is 4.62. The summed E-state index contributed by atoms with van der Waals surface area (Å²) in [7, 11) is 0. The van der Waals surface area contributed by atoms with Gasteiger partial charge in [-0.15, -0.1) is 0 Å². The molecule has 4 heteroatoms. The first kappa shape index (κ1) is 11.1. The lowest BCUT2D eigenvalue weighted by atomic mass is 10.1. The van der Waals surface area contributed by atoms with Crippen molar-refractivity contribution in [1.82, 2.24) is 0 Å². The molecule has 1 fully saturated rings. The van der Waals surface area contributed by atoms with Crippen LogP contribution in [0.3, 0.4) is 0 Å². The van der Waals surface area contributed by atoms with Crippen molar-refractivity contribution in [3.8, 4) is 0 Å². The molecule has 3 nitrogen and oxygen atoms in total. The molecule has 2 rings (SSSR count). The fraction of sp³-hybridized carbons (Fsp3) is 0.455. The van der Waals surface area contributed by atoms with E-state index in [9.17, 15) is 5.11 Å². The Morgan fingerprint density at radius 3 is 2.53 bits per heavy atom. The molecule has 0 radical (unpaired) electrons. The third kappa shape index (κ3) is 2.39. The van der Waals surface area contributed by atoms with Gasteiger partial charge in [0, 0.05) is 10.9 Å². The molecule has 0 unspecified atom stereocenters. The van der Waals surface area contributed by atoms with Gasteiger partial charge >= 0.3 is 0 Å². The Morgan fingerprint density at radius 2 is 2.00 bits per heavy atom. The van der Waals surface area contributed by atoms with E-state index in [1.54, 1.807) is 0 Å². The summed E-state index contributed by atoms with van der Waals surface area (Å²) in [6.07, 6.45) is -0.570. The average molecular weight is 273 g/mol. The quantitative estimate of drug-likeness (QED) is 0.861. The van der Waals surface area contributed by atoms with Crippen LogP contribution in [0.15, 0.2) is 28.7 Å². The molecule has 82 valence electrons. The lowest BCUT2D eigenvalue weighted by Gasteiger charge is -2.12. The highest BCUT2D eigenvalue weighted by atomic mass is 79.9. The van der Waals surface area contributed by atoms with Gasteiger partial charge in [0.15, 0.2) is 0 Å². The molecule has 0 saturated carbocycles. The van der Waals surface area contributed by atoms with Crippen molar-refractivity contribution in [2.24, 2.45) is 0 Å². The SMILES string of the molecule is OC[C@H]1O[C@@H](c2ccc(Br)cc2)C[C@@H]1O. The zero-order valence-corrected chi connectivity index (χ0v) is 9.72. The van der Waals surface area contributed by atoms with Crippen molar-refractivity contribution in [1.29, 1.82) is 0 Å². The van der Waals surface area contributed by atoms with Crippen LogP contribution in [0.2, 0.25) is 0 Å². The van der Waals surface area contributed by atoms with E-state index < -0.39 is 12.2 Å². The van der Waals surface area contributed by atoms with Gasteiger partial charge in [-0.2, -0.15) is 0 Å². The fourth-order valence-electron chi connectivity index (χ4n) is 1.79. The van der Waals surface area contributed by atoms with Crippen molar-refractivity contribution in [3.05, 3.63) is 34.3 Å². The maximum absolute atomic E-state index is 9.58. The number of rotatable bonds is 2. The summed E-state index contributed by atoms with van der Waals surface area (Å²) in [4.78, 5) is 0. The van der Waals surface area contributed by atoms with Crippen LogP contribution >= 0.6 is 15.9 Å². The number of benzene rings is 1. The Hall–Kier alpha value is -0.420. The number of aliphatic hydroxyl groups is 2. The zero-order chi connectivity index (χ0) is 10.8. The first-order valence-electron chi connectivity index (χ1n) is 4.90. The lowest BCUT2D eigenvalue weighted by molar-refractivity contribution is -0.0225. The van der Waals surface area contributed by atoms with Crippen molar-refractivity contribution in [3.63, 3.8) is 0 Å². The van der Waals surface area contributed by atoms with E-state index in [0.29, 0.717) is 6.42 Å². The molecule has 2 N–H and O–H groups in total. The minimum atomic E-state index is -0.566. The fourth-order valence-corrected chi connectivity index (χ4v) is 2.05. The molecular formula is C11H13BrO3. The Bertz CT molecular complexity index is 325. The topological polar surface area (TPSA) is 49.7 Å². The predicted molar refractivity (Wildman–Crippen MR) is 59.5 cm³/mol. The molecule has 0 bridgehead atoms. The molecule has 1 aliphatic rings. The van der Waals surface area contributed by atoms with Crippen molar-refractivity contribution < 1.29 is 14.9 Å². The van der Waals surface area contributed by atoms with Crippen molar-refractivity contribution in [2.75, 3.05) is 6.61 Å². The standard InChI is InChI=1S/C11H13BrO3/c12-8-3-1-7(2-4-8)10-5-9(14)11(6-13)15-10/h1-4,9-11,13-14H,5-6H2/t9-,10+,11+/m0/s1. The molecule has 15 heavy (non-hydrogen) atoms. The second-order valence-electron chi connectivity index (χ2n) is 3.70. The maximum Gasteiger partial charge on any atom is 0.107 e. The number of ether oxygens (including phenoxy) is 1. The molecule has 1 aromatic rings. The van der Waals surface area contributed by atoms with Crippen molar-refractivity contribution in [2.45, 2.75) is 24.7 Å². The molecule has 1 aliphatic heterocycles. The molecule has 1 heterocycles. The summed E-state index contributed by atoms with van der Waals surface area (Å²) in [5.41, 5.74) is 1.04. The van der Waals surface area contributed by atoms with E-state index in [1.165, 1.54) is 0 Å². The first-order valence-corrected chi connectivity index (χ1v) is 5.70. The molecule has 0 amide bonds. The second kappa shape index (κ2) is 4.61. The van der Waals surface area contributed by atoms with Gasteiger partial charge in [0.1, 0.15) is 6.10 Å². The highest BCUT2D eigenvalue weighted by Gasteiger charge is 2.33. The Morgan fingerprint density at radius 1 is 1.33 bits per heavy atom. The predicted octanol–water partition coefficient (Wildman–Crippen LogP) is 1.63. The highest BCUT2D eigenvalue weighted by molar-refractivity contribution is 9.10. The summed E-state index contributed by atoms with van der Waals surface area (Å²) in [5.74, 6) is 0. The molecule has 0 spiro atoms. The largest absolute Gasteiger partial charge is 0.394 e. The van der Waals surface area contributed by atoms with Crippen LogP contribution in [0.25, 0.3) is 0 Å². The number of aliphatic hydroxyl groups excluding tert-OH is 2. The smallest absolute Gasteiger partial charge is 0.107 e. The van der Waals surface area contributed by atoms with E-state index in [2.05, 4.69) is 15.9 Å². The van der Waals surface area contributed by atoms with Crippen LogP contribution in [0.1, 0.15) is 18.1 Å². The van der Waals surface area contributed by atoms with E-state index in [0.717, 1.165) is 10.0 Å². The Balaban J connectivity index is 2.10. The van der Waals surface area contributed by atoms with Gasteiger partial charge in [-0.1, -0.05) is 28.1 Å². The summed E-state index contributed by atoms with van der Waals surface area (Å²) in [6.45, 7) is -0.131. The van der Waals surface area contributed by atoms with Gasteiger partial charge in [-0.25, -0.2) is 0 Å². The van der Waals surface area contributed by atoms with Gasteiger partial charge in [0.2, 0.25) is 0 Å². The van der Waals surface area contributed by atoms with E-state index >= 15 is 0 Å². The molecular weight excluding hydrogens is 260 g/mol. The van der Waals surface area contributed by atoms with Gasteiger partial charge in [-0.05, 0) is 17.7 Å². The van der Waals surface area contributed by atoms with Crippen molar-refractivity contribution >= 4 is 15.9 Å². The third-order valence-corrected chi connectivity index (χ3v) is 3.17. The number of hydrogen-bond donors (Lipinski definition) is 2. The molecule has 3 atom stereocenters. The minimum absolute atomic E-state index is 0.106. The third-order valence-electron chi connectivity index (χ3n) is 2.65. The van der Waals surface area contributed by atoms with Crippen LogP contribution in [0, 0.1) is 0 Å². The number of hydrogen-bond acceptors (Lipinski definition) is 3. The highest BCUT2D eigenvalue weighted by Crippen LogP contribution is 2.33. The molecule has 0 aromatic heterocycles. The van der Waals surface area contributed by atoms with Crippen LogP contribution < -0.4 is 0 Å². The summed E-state index contributed by atoms with van der Waals surface area (Å²) in [5, 5.41) is 18.5. The monoisotopic (exact) mass is 272 g/mol. The average Bonchev–Trinajstić information content (AvgIpc) is 2.61. The molecule has 1 aromatic carbocycles. The summed E-state index contributed by atoms with van der Waals surface area (Å²) < 4.78 is 6.55. The lowest BCUT2D eigenvalue weighted by Crippen LogP contribution is -2.24. The molecule has 0 aliphatic carbocycles. The maximum atomic E-state index is 9.58. The van der Waals surface area contributed by atoms with E-state index in [4.69, 9.17) is 9.84 Å². The number of halogens is 1. The van der Waals surface area contributed by atoms with Gasteiger partial charge in [-0.3, -0.25) is 0 Å². The van der Waals surface area contributed by atoms with E-state index in [1.807, 2.05) is 24.3 Å². The summed E-state index contributed by atoms with van der Waals surface area (Å²) in [6, 6.07) is 7.80. The summed E-state index contributed by atoms with van der Waals surface area (Å²) >= 11 is 3.36. The van der Waals surface area contributed by atoms with E-state index in [-0.39, 0.29) is 12.7 Å². The Labute approximate surface area is 96.8 Å². The zero-order valence-electron chi connectivity index (χ0n) is 8.14. The normalized spacial score (nSPS) is 30.7. The first-order chi connectivity index (χ1) is 7.20. The van der Waals surface area contributed by atoms with Gasteiger partial charge < -0.3 is 14.9 Å². The molecule has 1 saturated heterocycles. The minimum Gasteiger partial charge on any atom is -0.394 e. The Kier molecular flexibility index (Phi) is 3.41. The van der Waals surface area contributed by atoms with Crippen LogP contribution in [-0.4, -0.2) is 29.0 Å². The van der Waals surface area contributed by atoms with Crippen LogP contribution in [-0.2, 0) is 4.74 Å².